The summed E-state index contributed by atoms with van der Waals surface area (Å²) >= 11 is 0. The van der Waals surface area contributed by atoms with Crippen molar-refractivity contribution in [1.29, 1.82) is 0 Å². The average Bonchev–Trinajstić information content (AvgIpc) is 3.39. The zero-order chi connectivity index (χ0) is 27.2. The first kappa shape index (κ1) is 26.9. The molecule has 1 atom stereocenters. The van der Waals surface area contributed by atoms with Gasteiger partial charge in [0.05, 0.1) is 37.8 Å². The normalized spacial score (nSPS) is 20.4. The first-order valence-electron chi connectivity index (χ1n) is 13.8. The number of fused-ring (bicyclic) bond motifs is 1. The molecule has 0 bridgehead atoms. The number of nitrogens with zero attached hydrogens (tertiary/aromatic N) is 5. The fourth-order valence-electron chi connectivity index (χ4n) is 5.25. The fourth-order valence-corrected chi connectivity index (χ4v) is 5.25. The predicted molar refractivity (Wildman–Crippen MR) is 143 cm³/mol. The van der Waals surface area contributed by atoms with Crippen LogP contribution in [0.1, 0.15) is 67.3 Å². The summed E-state index contributed by atoms with van der Waals surface area (Å²) in [5, 5.41) is 7.65. The number of hydrogen-bond donors (Lipinski definition) is 1. The standard InChI is InChI=1S/C28H36N6O5/c1-3-38-26(35)24-25(33-13-15-37-16-14-33)31-27-29-22(17-34(27)32-24)23(21-11-9-19(2)10-12-21)30-28(36)39-18-20-7-5-4-6-8-20/h4-8,17,19,21,23H,3,9-16,18H2,1-2H3,(H,30,36)/t19?,21?,23-/m0/s1. The topological polar surface area (TPSA) is 120 Å². The highest BCUT2D eigenvalue weighted by Crippen LogP contribution is 2.36. The Labute approximate surface area is 227 Å². The summed E-state index contributed by atoms with van der Waals surface area (Å²) in [6.07, 6.45) is 5.34. The van der Waals surface area contributed by atoms with Gasteiger partial charge in [-0.1, -0.05) is 50.1 Å². The second-order valence-electron chi connectivity index (χ2n) is 10.2. The van der Waals surface area contributed by atoms with Crippen molar-refractivity contribution in [2.75, 3.05) is 37.8 Å². The van der Waals surface area contributed by atoms with Crippen molar-refractivity contribution in [3.8, 4) is 0 Å². The third-order valence-electron chi connectivity index (χ3n) is 7.43. The largest absolute Gasteiger partial charge is 0.461 e. The molecule has 39 heavy (non-hydrogen) atoms. The van der Waals surface area contributed by atoms with E-state index in [2.05, 4.69) is 17.3 Å². The lowest BCUT2D eigenvalue weighted by Crippen LogP contribution is -2.38. The van der Waals surface area contributed by atoms with E-state index < -0.39 is 12.1 Å². The number of anilines is 1. The molecule has 11 nitrogen and oxygen atoms in total. The fraction of sp³-hybridized carbons (Fsp3) is 0.536. The second kappa shape index (κ2) is 12.4. The summed E-state index contributed by atoms with van der Waals surface area (Å²) in [5.74, 6) is 1.09. The molecule has 2 aromatic heterocycles. The molecule has 0 spiro atoms. The van der Waals surface area contributed by atoms with Gasteiger partial charge in [-0.3, -0.25) is 0 Å². The van der Waals surface area contributed by atoms with Gasteiger partial charge in [-0.15, -0.1) is 0 Å². The van der Waals surface area contributed by atoms with E-state index in [9.17, 15) is 9.59 Å². The minimum Gasteiger partial charge on any atom is -0.461 e. The van der Waals surface area contributed by atoms with Gasteiger partial charge in [0.2, 0.25) is 5.69 Å². The van der Waals surface area contributed by atoms with Crippen molar-refractivity contribution in [2.45, 2.75) is 52.2 Å². The van der Waals surface area contributed by atoms with E-state index in [1.165, 1.54) is 4.52 Å². The number of aromatic nitrogens is 4. The zero-order valence-electron chi connectivity index (χ0n) is 22.5. The van der Waals surface area contributed by atoms with Crippen LogP contribution in [0.4, 0.5) is 10.6 Å². The third-order valence-corrected chi connectivity index (χ3v) is 7.43. The molecule has 0 unspecified atom stereocenters. The van der Waals surface area contributed by atoms with Gasteiger partial charge in [0, 0.05) is 13.1 Å². The van der Waals surface area contributed by atoms with Crippen LogP contribution in [-0.4, -0.2) is 64.6 Å². The summed E-state index contributed by atoms with van der Waals surface area (Å²) in [6.45, 7) is 6.67. The first-order valence-corrected chi connectivity index (χ1v) is 13.8. The van der Waals surface area contributed by atoms with Crippen molar-refractivity contribution < 1.29 is 23.8 Å². The number of imidazole rings is 1. The molecule has 1 aliphatic carbocycles. The maximum atomic E-state index is 12.9. The Morgan fingerprint density at radius 3 is 2.54 bits per heavy atom. The molecule has 1 saturated heterocycles. The average molecular weight is 537 g/mol. The van der Waals surface area contributed by atoms with E-state index in [0.29, 0.717) is 49.5 Å². The summed E-state index contributed by atoms with van der Waals surface area (Å²) < 4.78 is 17.8. The molecule has 5 rings (SSSR count). The van der Waals surface area contributed by atoms with Crippen LogP contribution in [0, 0.1) is 11.8 Å². The van der Waals surface area contributed by atoms with Crippen LogP contribution >= 0.6 is 0 Å². The molecule has 3 heterocycles. The van der Waals surface area contributed by atoms with Crippen LogP contribution in [0.25, 0.3) is 5.78 Å². The van der Waals surface area contributed by atoms with Crippen LogP contribution in [0.3, 0.4) is 0 Å². The van der Waals surface area contributed by atoms with Gasteiger partial charge in [-0.2, -0.15) is 10.1 Å². The van der Waals surface area contributed by atoms with Crippen molar-refractivity contribution in [3.63, 3.8) is 0 Å². The van der Waals surface area contributed by atoms with Gasteiger partial charge in [0.15, 0.2) is 5.82 Å². The van der Waals surface area contributed by atoms with Crippen molar-refractivity contribution in [3.05, 3.63) is 53.5 Å². The van der Waals surface area contributed by atoms with Gasteiger partial charge < -0.3 is 24.4 Å². The monoisotopic (exact) mass is 536 g/mol. The Hall–Kier alpha value is -3.73. The minimum atomic E-state index is -0.538. The summed E-state index contributed by atoms with van der Waals surface area (Å²) in [6, 6.07) is 9.21. The van der Waals surface area contributed by atoms with Gasteiger partial charge >= 0.3 is 12.1 Å². The van der Waals surface area contributed by atoms with Gasteiger partial charge in [-0.25, -0.2) is 19.1 Å². The number of ether oxygens (including phenoxy) is 3. The van der Waals surface area contributed by atoms with Gasteiger partial charge in [-0.05, 0) is 37.2 Å². The Morgan fingerprint density at radius 1 is 1.08 bits per heavy atom. The lowest BCUT2D eigenvalue weighted by molar-refractivity contribution is 0.0516. The molecule has 208 valence electrons. The number of hydrogen-bond acceptors (Lipinski definition) is 9. The molecular formula is C28H36N6O5. The molecule has 1 N–H and O–H groups in total. The molecule has 1 aliphatic heterocycles. The number of rotatable bonds is 8. The maximum absolute atomic E-state index is 12.9. The summed E-state index contributed by atoms with van der Waals surface area (Å²) in [7, 11) is 0. The van der Waals surface area contributed by atoms with Crippen LogP contribution in [0.15, 0.2) is 36.5 Å². The second-order valence-corrected chi connectivity index (χ2v) is 10.2. The molecule has 0 radical (unpaired) electrons. The third kappa shape index (κ3) is 6.47. The maximum Gasteiger partial charge on any atom is 0.408 e. The van der Waals surface area contributed by atoms with Crippen molar-refractivity contribution in [2.24, 2.45) is 11.8 Å². The van der Waals surface area contributed by atoms with Crippen LogP contribution < -0.4 is 10.2 Å². The Morgan fingerprint density at radius 2 is 1.82 bits per heavy atom. The Kier molecular flexibility index (Phi) is 8.55. The number of carbonyl (C=O) groups is 2. The molecule has 2 aliphatic rings. The lowest BCUT2D eigenvalue weighted by Gasteiger charge is -2.32. The molecule has 3 aromatic rings. The van der Waals surface area contributed by atoms with Gasteiger partial charge in [0.25, 0.3) is 5.78 Å². The van der Waals surface area contributed by atoms with Crippen LogP contribution in [0.5, 0.6) is 0 Å². The van der Waals surface area contributed by atoms with Gasteiger partial charge in [0.1, 0.15) is 6.61 Å². The number of alkyl carbamates (subject to hydrolysis) is 1. The Balaban J connectivity index is 1.44. The quantitative estimate of drug-likeness (QED) is 0.427. The Bertz CT molecular complexity index is 1270. The number of esters is 1. The molecule has 1 amide bonds. The van der Waals surface area contributed by atoms with Crippen molar-refractivity contribution in [1.82, 2.24) is 24.9 Å². The zero-order valence-corrected chi connectivity index (χ0v) is 22.5. The van der Waals surface area contributed by atoms with Crippen molar-refractivity contribution >= 4 is 23.7 Å². The number of morpholine rings is 1. The van der Waals surface area contributed by atoms with E-state index in [0.717, 1.165) is 31.2 Å². The highest BCUT2D eigenvalue weighted by molar-refractivity contribution is 5.92. The lowest BCUT2D eigenvalue weighted by atomic mass is 9.78. The van der Waals surface area contributed by atoms with E-state index >= 15 is 0 Å². The molecule has 1 saturated carbocycles. The minimum absolute atomic E-state index is 0.133. The molecule has 2 fully saturated rings. The number of carbonyl (C=O) groups excluding carboxylic acids is 2. The van der Waals surface area contributed by atoms with E-state index in [4.69, 9.17) is 24.2 Å². The smallest absolute Gasteiger partial charge is 0.408 e. The van der Waals surface area contributed by atoms with E-state index in [1.54, 1.807) is 13.1 Å². The van der Waals surface area contributed by atoms with Crippen LogP contribution in [-0.2, 0) is 20.8 Å². The number of amides is 1. The summed E-state index contributed by atoms with van der Waals surface area (Å²) in [4.78, 5) is 37.2. The highest BCUT2D eigenvalue weighted by Gasteiger charge is 2.32. The van der Waals surface area contributed by atoms with E-state index in [-0.39, 0.29) is 30.9 Å². The predicted octanol–water partition coefficient (Wildman–Crippen LogP) is 3.93. The number of benzene rings is 1. The van der Waals surface area contributed by atoms with E-state index in [1.807, 2.05) is 35.2 Å². The molecular weight excluding hydrogens is 500 g/mol. The van der Waals surface area contributed by atoms with Crippen LogP contribution in [0.2, 0.25) is 0 Å². The number of nitrogens with one attached hydrogen (secondary N) is 1. The first-order chi connectivity index (χ1) is 19.0. The SMILES string of the molecule is CCOC(=O)c1nn2cc([C@@H](NC(=O)OCc3ccccc3)C3CCC(C)CC3)nc2nc1N1CCOCC1. The highest BCUT2D eigenvalue weighted by atomic mass is 16.5. The molecule has 1 aromatic carbocycles. The summed E-state index contributed by atoms with van der Waals surface area (Å²) in [5.41, 5.74) is 1.69. The molecule has 11 heteroatoms.